The van der Waals surface area contributed by atoms with Gasteiger partial charge in [0.25, 0.3) is 5.91 Å². The van der Waals surface area contributed by atoms with Crippen molar-refractivity contribution in [3.63, 3.8) is 0 Å². The van der Waals surface area contributed by atoms with Gasteiger partial charge in [-0.2, -0.15) is 5.10 Å². The monoisotopic (exact) mass is 307 g/mol. The molecule has 1 amide bonds. The smallest absolute Gasteiger partial charge is 0.272 e. The van der Waals surface area contributed by atoms with Crippen molar-refractivity contribution in [2.45, 2.75) is 25.3 Å². The number of amides is 1. The Bertz CT molecular complexity index is 816. The topological polar surface area (TPSA) is 70.9 Å². The molecule has 0 spiro atoms. The predicted molar refractivity (Wildman–Crippen MR) is 85.9 cm³/mol. The Morgan fingerprint density at radius 1 is 1.22 bits per heavy atom. The fourth-order valence-electron chi connectivity index (χ4n) is 2.54. The molecule has 1 aliphatic carbocycles. The van der Waals surface area contributed by atoms with Crippen LogP contribution < -0.4 is 5.32 Å². The SMILES string of the molecule is O=C(NCc1ccc(-c2ccccc2)o1)c1cc(C2CC2)[nH]n1. The van der Waals surface area contributed by atoms with Crippen molar-refractivity contribution >= 4 is 5.91 Å². The fraction of sp³-hybridized carbons (Fsp3) is 0.222. The number of nitrogens with zero attached hydrogens (tertiary/aromatic N) is 1. The molecule has 5 heteroatoms. The maximum Gasteiger partial charge on any atom is 0.272 e. The first-order valence-electron chi connectivity index (χ1n) is 7.77. The van der Waals surface area contributed by atoms with Crippen LogP contribution in [0.1, 0.15) is 40.7 Å². The average molecular weight is 307 g/mol. The molecule has 3 aromatic rings. The Labute approximate surface area is 133 Å². The third-order valence-electron chi connectivity index (χ3n) is 3.99. The molecule has 2 heterocycles. The quantitative estimate of drug-likeness (QED) is 0.758. The van der Waals surface area contributed by atoms with E-state index in [2.05, 4.69) is 15.5 Å². The van der Waals surface area contributed by atoms with Crippen LogP contribution in [0.5, 0.6) is 0 Å². The van der Waals surface area contributed by atoms with Crippen LogP contribution in [0.4, 0.5) is 0 Å². The van der Waals surface area contributed by atoms with Crippen molar-refractivity contribution < 1.29 is 9.21 Å². The molecule has 2 aromatic heterocycles. The number of hydrogen-bond acceptors (Lipinski definition) is 3. The van der Waals surface area contributed by atoms with Crippen LogP contribution in [-0.4, -0.2) is 16.1 Å². The molecule has 1 fully saturated rings. The zero-order valence-corrected chi connectivity index (χ0v) is 12.6. The van der Waals surface area contributed by atoms with Gasteiger partial charge in [-0.25, -0.2) is 0 Å². The van der Waals surface area contributed by atoms with Gasteiger partial charge in [0.05, 0.1) is 6.54 Å². The number of hydrogen-bond donors (Lipinski definition) is 2. The molecule has 1 aliphatic rings. The number of aromatic amines is 1. The standard InChI is InChI=1S/C18H17N3O2/c22-18(16-10-15(20-21-16)12-6-7-12)19-11-14-8-9-17(23-14)13-4-2-1-3-5-13/h1-5,8-10,12H,6-7,11H2,(H,19,22)(H,20,21). The largest absolute Gasteiger partial charge is 0.459 e. The summed E-state index contributed by atoms with van der Waals surface area (Å²) in [4.78, 5) is 12.1. The van der Waals surface area contributed by atoms with E-state index in [-0.39, 0.29) is 5.91 Å². The molecule has 2 N–H and O–H groups in total. The number of carbonyl (C=O) groups excluding carboxylic acids is 1. The Morgan fingerprint density at radius 3 is 2.83 bits per heavy atom. The van der Waals surface area contributed by atoms with Gasteiger partial charge < -0.3 is 9.73 Å². The number of benzene rings is 1. The zero-order chi connectivity index (χ0) is 15.6. The van der Waals surface area contributed by atoms with Gasteiger partial charge in [-0.15, -0.1) is 0 Å². The van der Waals surface area contributed by atoms with Crippen LogP contribution in [0.25, 0.3) is 11.3 Å². The first kappa shape index (κ1) is 13.8. The van der Waals surface area contributed by atoms with Gasteiger partial charge in [0, 0.05) is 17.2 Å². The molecule has 0 bridgehead atoms. The highest BCUT2D eigenvalue weighted by Gasteiger charge is 2.26. The number of H-pyrrole nitrogens is 1. The van der Waals surface area contributed by atoms with E-state index in [9.17, 15) is 4.79 Å². The van der Waals surface area contributed by atoms with Gasteiger partial charge in [0.2, 0.25) is 0 Å². The highest BCUT2D eigenvalue weighted by atomic mass is 16.3. The van der Waals surface area contributed by atoms with Crippen LogP contribution >= 0.6 is 0 Å². The van der Waals surface area contributed by atoms with E-state index in [1.807, 2.05) is 48.5 Å². The summed E-state index contributed by atoms with van der Waals surface area (Å²) < 4.78 is 5.77. The third kappa shape index (κ3) is 3.04. The van der Waals surface area contributed by atoms with E-state index >= 15 is 0 Å². The lowest BCUT2D eigenvalue weighted by Gasteiger charge is -2.00. The lowest BCUT2D eigenvalue weighted by molar-refractivity contribution is 0.0943. The molecule has 1 saturated carbocycles. The maximum atomic E-state index is 12.1. The number of rotatable bonds is 5. The fourth-order valence-corrected chi connectivity index (χ4v) is 2.54. The van der Waals surface area contributed by atoms with E-state index in [1.165, 1.54) is 12.8 Å². The zero-order valence-electron chi connectivity index (χ0n) is 12.6. The molecule has 0 aliphatic heterocycles. The van der Waals surface area contributed by atoms with E-state index in [4.69, 9.17) is 4.42 Å². The second-order valence-electron chi connectivity index (χ2n) is 5.80. The predicted octanol–water partition coefficient (Wildman–Crippen LogP) is 3.48. The second-order valence-corrected chi connectivity index (χ2v) is 5.80. The number of furan rings is 1. The molecule has 116 valence electrons. The molecule has 0 radical (unpaired) electrons. The van der Waals surface area contributed by atoms with Crippen molar-refractivity contribution in [3.05, 3.63) is 65.7 Å². The van der Waals surface area contributed by atoms with Gasteiger partial charge in [-0.05, 0) is 31.0 Å². The number of nitrogens with one attached hydrogen (secondary N) is 2. The molecule has 1 aromatic carbocycles. The third-order valence-corrected chi connectivity index (χ3v) is 3.99. The van der Waals surface area contributed by atoms with Gasteiger partial charge >= 0.3 is 0 Å². The van der Waals surface area contributed by atoms with Crippen molar-refractivity contribution in [1.29, 1.82) is 0 Å². The molecule has 0 atom stereocenters. The van der Waals surface area contributed by atoms with Crippen LogP contribution in [0, 0.1) is 0 Å². The van der Waals surface area contributed by atoms with Crippen molar-refractivity contribution in [2.75, 3.05) is 0 Å². The number of carbonyl (C=O) groups is 1. The lowest BCUT2D eigenvalue weighted by atomic mass is 10.2. The molecular formula is C18H17N3O2. The molecule has 23 heavy (non-hydrogen) atoms. The Balaban J connectivity index is 1.38. The van der Waals surface area contributed by atoms with Gasteiger partial charge in [0.1, 0.15) is 17.2 Å². The summed E-state index contributed by atoms with van der Waals surface area (Å²) in [6, 6.07) is 15.5. The molecule has 0 unspecified atom stereocenters. The van der Waals surface area contributed by atoms with Crippen molar-refractivity contribution in [1.82, 2.24) is 15.5 Å². The Morgan fingerprint density at radius 2 is 2.04 bits per heavy atom. The minimum Gasteiger partial charge on any atom is -0.459 e. The molecular weight excluding hydrogens is 290 g/mol. The summed E-state index contributed by atoms with van der Waals surface area (Å²) in [6.45, 7) is 0.345. The minimum absolute atomic E-state index is 0.189. The van der Waals surface area contributed by atoms with Gasteiger partial charge in [0.15, 0.2) is 0 Å². The lowest BCUT2D eigenvalue weighted by Crippen LogP contribution is -2.22. The maximum absolute atomic E-state index is 12.1. The Hall–Kier alpha value is -2.82. The molecule has 4 rings (SSSR count). The summed E-state index contributed by atoms with van der Waals surface area (Å²) in [5, 5.41) is 9.85. The first-order chi connectivity index (χ1) is 11.3. The summed E-state index contributed by atoms with van der Waals surface area (Å²) in [6.07, 6.45) is 2.36. The first-order valence-corrected chi connectivity index (χ1v) is 7.77. The van der Waals surface area contributed by atoms with Crippen molar-refractivity contribution in [3.8, 4) is 11.3 Å². The van der Waals surface area contributed by atoms with Gasteiger partial charge in [-0.1, -0.05) is 30.3 Å². The van der Waals surface area contributed by atoms with Crippen LogP contribution in [0.15, 0.2) is 52.9 Å². The molecule has 0 saturated heterocycles. The number of aromatic nitrogens is 2. The molecule has 5 nitrogen and oxygen atoms in total. The summed E-state index contributed by atoms with van der Waals surface area (Å²) in [5.41, 5.74) is 2.51. The summed E-state index contributed by atoms with van der Waals surface area (Å²) in [7, 11) is 0. The van der Waals surface area contributed by atoms with E-state index in [0.29, 0.717) is 18.2 Å². The van der Waals surface area contributed by atoms with Crippen molar-refractivity contribution in [2.24, 2.45) is 0 Å². The minimum atomic E-state index is -0.189. The summed E-state index contributed by atoms with van der Waals surface area (Å²) in [5.74, 6) is 1.88. The van der Waals surface area contributed by atoms with Gasteiger partial charge in [-0.3, -0.25) is 9.89 Å². The highest BCUT2D eigenvalue weighted by molar-refractivity contribution is 5.92. The van der Waals surface area contributed by atoms with Crippen LogP contribution in [0.3, 0.4) is 0 Å². The highest BCUT2D eigenvalue weighted by Crippen LogP contribution is 2.38. The van der Waals surface area contributed by atoms with Crippen LogP contribution in [0.2, 0.25) is 0 Å². The normalized spacial score (nSPS) is 13.9. The van der Waals surface area contributed by atoms with Crippen LogP contribution in [-0.2, 0) is 6.54 Å². The average Bonchev–Trinajstić information content (AvgIpc) is 3.14. The Kier molecular flexibility index (Phi) is 3.46. The summed E-state index contributed by atoms with van der Waals surface area (Å²) >= 11 is 0. The van der Waals surface area contributed by atoms with E-state index in [0.717, 1.165) is 22.8 Å². The van der Waals surface area contributed by atoms with E-state index in [1.54, 1.807) is 0 Å². The second kappa shape index (κ2) is 5.76. The van der Waals surface area contributed by atoms with E-state index < -0.39 is 0 Å².